The van der Waals surface area contributed by atoms with Crippen LogP contribution in [0.5, 0.6) is 5.75 Å². The third kappa shape index (κ3) is 4.20. The summed E-state index contributed by atoms with van der Waals surface area (Å²) in [6.07, 6.45) is 2.05. The summed E-state index contributed by atoms with van der Waals surface area (Å²) in [5.74, 6) is 4.16. The van der Waals surface area contributed by atoms with Gasteiger partial charge in [0.1, 0.15) is 19.5 Å². The second-order valence-corrected chi connectivity index (χ2v) is 11.7. The fourth-order valence-corrected chi connectivity index (χ4v) is 2.90. The zero-order valence-electron chi connectivity index (χ0n) is 15.1. The highest BCUT2D eigenvalue weighted by molar-refractivity contribution is 6.83. The third-order valence-electron chi connectivity index (χ3n) is 3.69. The Morgan fingerprint density at radius 2 is 1.64 bits per heavy atom. The van der Waals surface area contributed by atoms with Crippen LogP contribution in [0.1, 0.15) is 5.69 Å². The summed E-state index contributed by atoms with van der Waals surface area (Å²) in [6, 6.07) is 18.1. The Hall–Kier alpha value is -2.77. The number of benzene rings is 2. The zero-order chi connectivity index (χ0) is 17.9. The average molecular weight is 347 g/mol. The van der Waals surface area contributed by atoms with E-state index in [9.17, 15) is 0 Å². The van der Waals surface area contributed by atoms with E-state index in [0.717, 1.165) is 28.3 Å². The van der Waals surface area contributed by atoms with Crippen LogP contribution in [0.2, 0.25) is 19.6 Å². The SMILES string of the molecule is COc1ccc(-c2cn(-c3ccccc3)nc2C#C[Si](C)(C)C)cc1. The molecule has 0 amide bonds. The number of para-hydroxylation sites is 1. The molecule has 2 aromatic carbocycles. The van der Waals surface area contributed by atoms with Crippen molar-refractivity contribution in [2.24, 2.45) is 0 Å². The maximum atomic E-state index is 5.26. The molecule has 0 saturated heterocycles. The normalized spacial score (nSPS) is 10.9. The van der Waals surface area contributed by atoms with Crippen molar-refractivity contribution in [3.05, 3.63) is 66.5 Å². The summed E-state index contributed by atoms with van der Waals surface area (Å²) >= 11 is 0. The lowest BCUT2D eigenvalue weighted by Crippen LogP contribution is -2.16. The minimum Gasteiger partial charge on any atom is -0.497 e. The standard InChI is InChI=1S/C21H22N2OSi/c1-24-19-12-10-17(11-13-19)20-16-23(18-8-6-5-7-9-18)22-21(20)14-15-25(2,3)4/h5-13,16H,1-4H3. The molecule has 0 N–H and O–H groups in total. The molecule has 0 bridgehead atoms. The molecule has 0 aliphatic carbocycles. The predicted molar refractivity (Wildman–Crippen MR) is 106 cm³/mol. The van der Waals surface area contributed by atoms with Gasteiger partial charge in [-0.3, -0.25) is 0 Å². The monoisotopic (exact) mass is 346 g/mol. The molecule has 4 heteroatoms. The van der Waals surface area contributed by atoms with Crippen molar-refractivity contribution in [1.29, 1.82) is 0 Å². The van der Waals surface area contributed by atoms with E-state index in [0.29, 0.717) is 0 Å². The van der Waals surface area contributed by atoms with Gasteiger partial charge in [-0.05, 0) is 29.8 Å². The molecule has 0 radical (unpaired) electrons. The highest BCUT2D eigenvalue weighted by atomic mass is 28.3. The van der Waals surface area contributed by atoms with Gasteiger partial charge in [-0.25, -0.2) is 4.68 Å². The van der Waals surface area contributed by atoms with Gasteiger partial charge < -0.3 is 4.74 Å². The molecule has 3 rings (SSSR count). The number of hydrogen-bond acceptors (Lipinski definition) is 2. The van der Waals surface area contributed by atoms with Gasteiger partial charge in [-0.2, -0.15) is 5.10 Å². The van der Waals surface area contributed by atoms with E-state index >= 15 is 0 Å². The minimum absolute atomic E-state index is 0.816. The van der Waals surface area contributed by atoms with Crippen LogP contribution < -0.4 is 4.74 Å². The third-order valence-corrected chi connectivity index (χ3v) is 4.57. The quantitative estimate of drug-likeness (QED) is 0.504. The van der Waals surface area contributed by atoms with E-state index in [1.807, 2.05) is 65.5 Å². The largest absolute Gasteiger partial charge is 0.497 e. The van der Waals surface area contributed by atoms with Crippen molar-refractivity contribution in [2.75, 3.05) is 7.11 Å². The molecular formula is C21H22N2OSi. The lowest BCUT2D eigenvalue weighted by molar-refractivity contribution is 0.415. The van der Waals surface area contributed by atoms with Crippen molar-refractivity contribution in [3.63, 3.8) is 0 Å². The van der Waals surface area contributed by atoms with Crippen LogP contribution >= 0.6 is 0 Å². The first-order valence-electron chi connectivity index (χ1n) is 8.29. The first-order valence-corrected chi connectivity index (χ1v) is 11.8. The van der Waals surface area contributed by atoms with Crippen molar-refractivity contribution < 1.29 is 4.74 Å². The zero-order valence-corrected chi connectivity index (χ0v) is 16.1. The lowest BCUT2D eigenvalue weighted by atomic mass is 10.1. The molecule has 1 aromatic heterocycles. The Kier molecular flexibility index (Phi) is 4.78. The summed E-state index contributed by atoms with van der Waals surface area (Å²) in [7, 11) is 0.195. The molecule has 0 aliphatic rings. The molecule has 3 aromatic rings. The average Bonchev–Trinajstić information content (AvgIpc) is 3.04. The van der Waals surface area contributed by atoms with Crippen LogP contribution in [-0.4, -0.2) is 25.0 Å². The molecule has 3 nitrogen and oxygen atoms in total. The number of rotatable bonds is 3. The van der Waals surface area contributed by atoms with Crippen molar-refractivity contribution >= 4 is 8.07 Å². The first kappa shape index (κ1) is 17.1. The number of ether oxygens (including phenoxy) is 1. The summed E-state index contributed by atoms with van der Waals surface area (Å²) in [5.41, 5.74) is 7.39. The van der Waals surface area contributed by atoms with Crippen LogP contribution in [0.25, 0.3) is 16.8 Å². The Balaban J connectivity index is 2.10. The second kappa shape index (κ2) is 7.00. The summed E-state index contributed by atoms with van der Waals surface area (Å²) in [6.45, 7) is 6.71. The Morgan fingerprint density at radius 1 is 0.960 bits per heavy atom. The number of hydrogen-bond donors (Lipinski definition) is 0. The van der Waals surface area contributed by atoms with Gasteiger partial charge in [0.05, 0.1) is 12.8 Å². The molecule has 0 spiro atoms. The van der Waals surface area contributed by atoms with Crippen LogP contribution in [0.15, 0.2) is 60.8 Å². The smallest absolute Gasteiger partial charge is 0.142 e. The van der Waals surface area contributed by atoms with Crippen LogP contribution in [0.4, 0.5) is 0 Å². The van der Waals surface area contributed by atoms with E-state index in [1.165, 1.54) is 0 Å². The fraction of sp³-hybridized carbons (Fsp3) is 0.190. The number of methoxy groups -OCH3 is 1. The van der Waals surface area contributed by atoms with Crippen molar-refractivity contribution in [2.45, 2.75) is 19.6 Å². The Bertz CT molecular complexity index is 911. The maximum Gasteiger partial charge on any atom is 0.142 e. The van der Waals surface area contributed by atoms with Crippen molar-refractivity contribution in [3.8, 4) is 34.0 Å². The molecule has 0 unspecified atom stereocenters. The van der Waals surface area contributed by atoms with Gasteiger partial charge in [-0.1, -0.05) is 55.9 Å². The highest BCUT2D eigenvalue weighted by Gasteiger charge is 2.13. The fourth-order valence-electron chi connectivity index (χ4n) is 2.41. The Morgan fingerprint density at radius 3 is 2.24 bits per heavy atom. The van der Waals surface area contributed by atoms with E-state index in [1.54, 1.807) is 7.11 Å². The molecule has 1 heterocycles. The molecule has 0 fully saturated rings. The van der Waals surface area contributed by atoms with Gasteiger partial charge in [0.2, 0.25) is 0 Å². The highest BCUT2D eigenvalue weighted by Crippen LogP contribution is 2.26. The minimum atomic E-state index is -1.48. The predicted octanol–water partition coefficient (Wildman–Crippen LogP) is 4.78. The molecular weight excluding hydrogens is 324 g/mol. The molecule has 0 atom stereocenters. The summed E-state index contributed by atoms with van der Waals surface area (Å²) in [5, 5.41) is 4.74. The van der Waals surface area contributed by atoms with Gasteiger partial charge in [0.25, 0.3) is 0 Å². The van der Waals surface area contributed by atoms with Crippen molar-refractivity contribution in [1.82, 2.24) is 9.78 Å². The summed E-state index contributed by atoms with van der Waals surface area (Å²) < 4.78 is 7.16. The number of aromatic nitrogens is 2. The van der Waals surface area contributed by atoms with E-state index in [-0.39, 0.29) is 0 Å². The van der Waals surface area contributed by atoms with Crippen LogP contribution in [0.3, 0.4) is 0 Å². The van der Waals surface area contributed by atoms with Gasteiger partial charge in [0, 0.05) is 11.8 Å². The van der Waals surface area contributed by atoms with E-state index < -0.39 is 8.07 Å². The molecule has 126 valence electrons. The van der Waals surface area contributed by atoms with Gasteiger partial charge >= 0.3 is 0 Å². The maximum absolute atomic E-state index is 5.26. The van der Waals surface area contributed by atoms with Crippen LogP contribution in [0, 0.1) is 11.5 Å². The van der Waals surface area contributed by atoms with E-state index in [4.69, 9.17) is 9.84 Å². The summed E-state index contributed by atoms with van der Waals surface area (Å²) in [4.78, 5) is 0. The van der Waals surface area contributed by atoms with Gasteiger partial charge in [-0.15, -0.1) is 5.54 Å². The number of nitrogens with zero attached hydrogens (tertiary/aromatic N) is 2. The lowest BCUT2D eigenvalue weighted by Gasteiger charge is -2.04. The first-order chi connectivity index (χ1) is 12.0. The van der Waals surface area contributed by atoms with Crippen LogP contribution in [-0.2, 0) is 0 Å². The van der Waals surface area contributed by atoms with E-state index in [2.05, 4.69) is 31.1 Å². The molecule has 0 aliphatic heterocycles. The molecule has 0 saturated carbocycles. The Labute approximate surface area is 150 Å². The van der Waals surface area contributed by atoms with Gasteiger partial charge in [0.15, 0.2) is 0 Å². The molecule has 25 heavy (non-hydrogen) atoms. The topological polar surface area (TPSA) is 27.1 Å². The second-order valence-electron chi connectivity index (χ2n) is 6.90.